The van der Waals surface area contributed by atoms with Crippen LogP contribution in [0.3, 0.4) is 0 Å². The Morgan fingerprint density at radius 1 is 1.26 bits per heavy atom. The molecule has 1 saturated carbocycles. The summed E-state index contributed by atoms with van der Waals surface area (Å²) < 4.78 is 16.2. The van der Waals surface area contributed by atoms with Gasteiger partial charge < -0.3 is 18.7 Å². The maximum atomic E-state index is 12.7. The van der Waals surface area contributed by atoms with E-state index in [1.54, 1.807) is 17.9 Å². The van der Waals surface area contributed by atoms with Crippen molar-refractivity contribution >= 4 is 5.91 Å². The number of carbonyl (C=O) groups is 1. The predicted molar refractivity (Wildman–Crippen MR) is 76.7 cm³/mol. The zero-order valence-corrected chi connectivity index (χ0v) is 13.1. The van der Waals surface area contributed by atoms with Crippen molar-refractivity contribution in [2.75, 3.05) is 13.1 Å². The molecule has 1 amide bonds. The highest BCUT2D eigenvalue weighted by atomic mass is 16.5. The number of ether oxygens (including phenoxy) is 1. The number of rotatable bonds is 3. The van der Waals surface area contributed by atoms with Gasteiger partial charge in [0.25, 0.3) is 11.8 Å². The first-order chi connectivity index (χ1) is 11.1. The molecule has 0 N–H and O–H groups in total. The third kappa shape index (κ3) is 2.86. The van der Waals surface area contributed by atoms with Crippen molar-refractivity contribution < 1.29 is 18.6 Å². The summed E-state index contributed by atoms with van der Waals surface area (Å²) in [6.45, 7) is 4.49. The Bertz CT molecular complexity index is 721. The molecule has 0 aromatic carbocycles. The molecular formula is C15H18N4O4. The predicted octanol–water partition coefficient (Wildman–Crippen LogP) is 1.85. The second-order valence-corrected chi connectivity index (χ2v) is 6.22. The number of aryl methyl sites for hydroxylation is 1. The second-order valence-electron chi connectivity index (χ2n) is 6.22. The molecular weight excluding hydrogens is 300 g/mol. The highest BCUT2D eigenvalue weighted by molar-refractivity contribution is 5.91. The zero-order valence-electron chi connectivity index (χ0n) is 13.1. The first-order valence-corrected chi connectivity index (χ1v) is 7.81. The molecule has 2 aromatic heterocycles. The lowest BCUT2D eigenvalue weighted by atomic mass is 10.2. The highest BCUT2D eigenvalue weighted by Crippen LogP contribution is 2.39. The quantitative estimate of drug-likeness (QED) is 0.852. The minimum absolute atomic E-state index is 0.129. The molecule has 122 valence electrons. The minimum Gasteiger partial charge on any atom is -0.362 e. The lowest BCUT2D eigenvalue weighted by molar-refractivity contribution is -0.0816. The van der Waals surface area contributed by atoms with Crippen molar-refractivity contribution in [2.24, 2.45) is 0 Å². The van der Waals surface area contributed by atoms with Crippen LogP contribution < -0.4 is 0 Å². The summed E-state index contributed by atoms with van der Waals surface area (Å²) in [7, 11) is 0. The second kappa shape index (κ2) is 5.45. The van der Waals surface area contributed by atoms with Crippen molar-refractivity contribution in [3.63, 3.8) is 0 Å². The Morgan fingerprint density at radius 2 is 2.09 bits per heavy atom. The summed E-state index contributed by atoms with van der Waals surface area (Å²) in [5, 5.41) is 7.78. The average Bonchev–Trinajstić information content (AvgIpc) is 3.10. The molecule has 0 spiro atoms. The van der Waals surface area contributed by atoms with Crippen molar-refractivity contribution in [1.82, 2.24) is 20.2 Å². The number of amides is 1. The van der Waals surface area contributed by atoms with Crippen LogP contribution in [0.1, 0.15) is 59.8 Å². The van der Waals surface area contributed by atoms with Crippen LogP contribution in [0.5, 0.6) is 0 Å². The lowest BCUT2D eigenvalue weighted by Gasteiger charge is -2.34. The van der Waals surface area contributed by atoms with E-state index in [9.17, 15) is 4.79 Å². The molecule has 1 saturated heterocycles. The summed E-state index contributed by atoms with van der Waals surface area (Å²) in [6.07, 6.45) is 1.69. The van der Waals surface area contributed by atoms with Gasteiger partial charge in [0.2, 0.25) is 5.76 Å². The molecule has 2 atom stereocenters. The summed E-state index contributed by atoms with van der Waals surface area (Å²) >= 11 is 0. The largest absolute Gasteiger partial charge is 0.362 e. The van der Waals surface area contributed by atoms with Crippen molar-refractivity contribution in [3.8, 4) is 0 Å². The molecule has 2 aromatic rings. The summed E-state index contributed by atoms with van der Waals surface area (Å²) in [6, 6.07) is 1.76. The first kappa shape index (κ1) is 14.4. The molecule has 4 rings (SSSR count). The Morgan fingerprint density at radius 3 is 2.78 bits per heavy atom. The van der Waals surface area contributed by atoms with E-state index in [-0.39, 0.29) is 17.8 Å². The van der Waals surface area contributed by atoms with E-state index in [0.717, 1.165) is 18.5 Å². The number of aromatic nitrogens is 3. The Labute approximate surface area is 132 Å². The number of carbonyl (C=O) groups excluding carboxylic acids is 1. The van der Waals surface area contributed by atoms with Crippen LogP contribution in [0, 0.1) is 6.92 Å². The van der Waals surface area contributed by atoms with Crippen molar-refractivity contribution in [1.29, 1.82) is 0 Å². The molecule has 1 aliphatic carbocycles. The SMILES string of the molecule is Cc1noc([C@H]2CN(C(=O)c3cc(C4CC4)no3)C[C@@H](C)O2)n1. The van der Waals surface area contributed by atoms with Gasteiger partial charge in [-0.15, -0.1) is 0 Å². The third-order valence-corrected chi connectivity index (χ3v) is 4.10. The molecule has 0 unspecified atom stereocenters. The fourth-order valence-electron chi connectivity index (χ4n) is 2.81. The van der Waals surface area contributed by atoms with Gasteiger partial charge in [0.15, 0.2) is 11.9 Å². The number of nitrogens with zero attached hydrogens (tertiary/aromatic N) is 4. The smallest absolute Gasteiger partial charge is 0.292 e. The van der Waals surface area contributed by atoms with E-state index in [4.69, 9.17) is 13.8 Å². The van der Waals surface area contributed by atoms with Crippen LogP contribution in [0.4, 0.5) is 0 Å². The van der Waals surface area contributed by atoms with Gasteiger partial charge >= 0.3 is 0 Å². The first-order valence-electron chi connectivity index (χ1n) is 7.81. The van der Waals surface area contributed by atoms with E-state index in [0.29, 0.717) is 30.7 Å². The molecule has 1 aliphatic heterocycles. The normalized spacial score (nSPS) is 24.9. The van der Waals surface area contributed by atoms with Gasteiger partial charge in [-0.2, -0.15) is 4.98 Å². The Hall–Kier alpha value is -2.22. The molecule has 3 heterocycles. The molecule has 23 heavy (non-hydrogen) atoms. The number of hydrogen-bond donors (Lipinski definition) is 0. The summed E-state index contributed by atoms with van der Waals surface area (Å²) in [5.41, 5.74) is 0.874. The average molecular weight is 318 g/mol. The van der Waals surface area contributed by atoms with Gasteiger partial charge in [0.1, 0.15) is 0 Å². The van der Waals surface area contributed by atoms with Crippen LogP contribution in [0.15, 0.2) is 15.1 Å². The molecule has 8 heteroatoms. The van der Waals surface area contributed by atoms with Gasteiger partial charge in [0, 0.05) is 18.5 Å². The maximum absolute atomic E-state index is 12.7. The van der Waals surface area contributed by atoms with Crippen LogP contribution >= 0.6 is 0 Å². The van der Waals surface area contributed by atoms with Crippen LogP contribution in [-0.2, 0) is 4.74 Å². The van der Waals surface area contributed by atoms with Crippen LogP contribution in [-0.4, -0.2) is 45.3 Å². The summed E-state index contributed by atoms with van der Waals surface area (Å²) in [4.78, 5) is 18.5. The van der Waals surface area contributed by atoms with Gasteiger partial charge in [-0.05, 0) is 26.7 Å². The number of hydrogen-bond acceptors (Lipinski definition) is 7. The van der Waals surface area contributed by atoms with Gasteiger partial charge in [0.05, 0.1) is 18.3 Å². The summed E-state index contributed by atoms with van der Waals surface area (Å²) in [5.74, 6) is 1.49. The minimum atomic E-state index is -0.422. The van der Waals surface area contributed by atoms with E-state index < -0.39 is 6.10 Å². The van der Waals surface area contributed by atoms with Gasteiger partial charge in [-0.1, -0.05) is 10.3 Å². The highest BCUT2D eigenvalue weighted by Gasteiger charge is 2.35. The fraction of sp³-hybridized carbons (Fsp3) is 0.600. The van der Waals surface area contributed by atoms with Gasteiger partial charge in [-0.3, -0.25) is 4.79 Å². The number of morpholine rings is 1. The lowest BCUT2D eigenvalue weighted by Crippen LogP contribution is -2.46. The maximum Gasteiger partial charge on any atom is 0.292 e. The van der Waals surface area contributed by atoms with Crippen molar-refractivity contribution in [2.45, 2.75) is 44.8 Å². The molecule has 0 radical (unpaired) electrons. The monoisotopic (exact) mass is 318 g/mol. The van der Waals surface area contributed by atoms with Crippen molar-refractivity contribution in [3.05, 3.63) is 29.2 Å². The Balaban J connectivity index is 1.51. The Kier molecular flexibility index (Phi) is 3.41. The molecule has 8 nitrogen and oxygen atoms in total. The van der Waals surface area contributed by atoms with Crippen LogP contribution in [0.2, 0.25) is 0 Å². The fourth-order valence-corrected chi connectivity index (χ4v) is 2.81. The van der Waals surface area contributed by atoms with Crippen LogP contribution in [0.25, 0.3) is 0 Å². The van der Waals surface area contributed by atoms with E-state index in [2.05, 4.69) is 15.3 Å². The molecule has 2 aliphatic rings. The van der Waals surface area contributed by atoms with E-state index in [1.165, 1.54) is 0 Å². The van der Waals surface area contributed by atoms with E-state index >= 15 is 0 Å². The molecule has 0 bridgehead atoms. The van der Waals surface area contributed by atoms with Gasteiger partial charge in [-0.25, -0.2) is 0 Å². The molecule has 2 fully saturated rings. The third-order valence-electron chi connectivity index (χ3n) is 4.10. The topological polar surface area (TPSA) is 94.5 Å². The standard InChI is InChI=1S/C15H18N4O4/c1-8-6-19(7-13(21-8)14-16-9(2)17-23-14)15(20)12-5-11(18-22-12)10-3-4-10/h5,8,10,13H,3-4,6-7H2,1-2H3/t8-,13-/m1/s1. The van der Waals surface area contributed by atoms with E-state index in [1.807, 2.05) is 6.92 Å². The zero-order chi connectivity index (χ0) is 16.0.